The molecule has 0 radical (unpaired) electrons. The van der Waals surface area contributed by atoms with Crippen LogP contribution in [0, 0.1) is 0 Å². The first-order valence-electron chi connectivity index (χ1n) is 3.40. The fourth-order valence-electron chi connectivity index (χ4n) is 0.626. The van der Waals surface area contributed by atoms with Crippen LogP contribution in [0.2, 0.25) is 0 Å². The van der Waals surface area contributed by atoms with E-state index in [1.165, 1.54) is 11.8 Å². The zero-order valence-electron chi connectivity index (χ0n) is 7.34. The molecule has 0 aromatic carbocycles. The van der Waals surface area contributed by atoms with Crippen molar-refractivity contribution in [2.45, 2.75) is 12.1 Å². The van der Waals surface area contributed by atoms with Crippen LogP contribution in [0.4, 0.5) is 0 Å². The molecular weight excluding hydrogens is 234 g/mol. The Bertz CT molecular complexity index is 301. The van der Waals surface area contributed by atoms with E-state index >= 15 is 0 Å². The molecule has 0 heterocycles. The standard InChI is InChI=1S/C5H11NO6S2/c1-13-3-2-5(6,4(7)8)12-14(9,10)11/h2-3,6H2,1H3,(H,7,8)(H,9,10,11). The van der Waals surface area contributed by atoms with E-state index in [1.54, 1.807) is 6.26 Å². The van der Waals surface area contributed by atoms with E-state index in [9.17, 15) is 13.2 Å². The van der Waals surface area contributed by atoms with Crippen molar-refractivity contribution in [2.24, 2.45) is 5.73 Å². The average Bonchev–Trinajstić information content (AvgIpc) is 1.97. The number of carboxylic acids is 1. The predicted octanol–water partition coefficient (Wildman–Crippen LogP) is -0.701. The Kier molecular flexibility index (Phi) is 4.81. The molecule has 0 aliphatic heterocycles. The molecule has 1 unspecified atom stereocenters. The molecule has 1 atom stereocenters. The monoisotopic (exact) mass is 245 g/mol. The molecule has 0 bridgehead atoms. The summed E-state index contributed by atoms with van der Waals surface area (Å²) >= 11 is 1.27. The molecule has 0 aromatic heterocycles. The lowest BCUT2D eigenvalue weighted by atomic mass is 10.2. The minimum absolute atomic E-state index is 0.233. The van der Waals surface area contributed by atoms with Crippen molar-refractivity contribution in [2.75, 3.05) is 12.0 Å². The lowest BCUT2D eigenvalue weighted by Gasteiger charge is -2.21. The van der Waals surface area contributed by atoms with Crippen molar-refractivity contribution in [3.63, 3.8) is 0 Å². The second-order valence-corrected chi connectivity index (χ2v) is 4.46. The van der Waals surface area contributed by atoms with Gasteiger partial charge in [-0.05, 0) is 12.0 Å². The summed E-state index contributed by atoms with van der Waals surface area (Å²) in [6.07, 6.45) is 1.46. The van der Waals surface area contributed by atoms with Crippen LogP contribution in [0.25, 0.3) is 0 Å². The van der Waals surface area contributed by atoms with Crippen LogP contribution in [0.5, 0.6) is 0 Å². The highest BCUT2D eigenvalue weighted by Gasteiger charge is 2.39. The minimum atomic E-state index is -4.87. The number of hydrogen-bond donors (Lipinski definition) is 3. The van der Waals surface area contributed by atoms with Crippen LogP contribution in [0.15, 0.2) is 0 Å². The number of thioether (sulfide) groups is 1. The number of aliphatic carboxylic acids is 1. The molecule has 0 rings (SSSR count). The van der Waals surface area contributed by atoms with Crippen LogP contribution in [0.3, 0.4) is 0 Å². The van der Waals surface area contributed by atoms with E-state index in [0.717, 1.165) is 0 Å². The van der Waals surface area contributed by atoms with E-state index in [4.69, 9.17) is 15.4 Å². The lowest BCUT2D eigenvalue weighted by Crippen LogP contribution is -2.52. The third-order valence-electron chi connectivity index (χ3n) is 1.29. The highest BCUT2D eigenvalue weighted by Crippen LogP contribution is 2.15. The van der Waals surface area contributed by atoms with Gasteiger partial charge in [-0.25, -0.2) is 8.98 Å². The summed E-state index contributed by atoms with van der Waals surface area (Å²) in [7, 11) is -4.87. The molecule has 0 fully saturated rings. The summed E-state index contributed by atoms with van der Waals surface area (Å²) < 4.78 is 32.8. The van der Waals surface area contributed by atoms with Crippen LogP contribution in [-0.4, -0.2) is 41.8 Å². The Labute approximate surface area is 85.6 Å². The predicted molar refractivity (Wildman–Crippen MR) is 50.2 cm³/mol. The van der Waals surface area contributed by atoms with Gasteiger partial charge in [-0.3, -0.25) is 10.3 Å². The lowest BCUT2D eigenvalue weighted by molar-refractivity contribution is -0.155. The molecule has 7 nitrogen and oxygen atoms in total. The zero-order valence-corrected chi connectivity index (χ0v) is 8.97. The van der Waals surface area contributed by atoms with Crippen LogP contribution in [0.1, 0.15) is 6.42 Å². The normalized spacial score (nSPS) is 16.2. The Morgan fingerprint density at radius 3 is 2.43 bits per heavy atom. The maximum absolute atomic E-state index is 10.6. The van der Waals surface area contributed by atoms with E-state index < -0.39 is 22.1 Å². The molecule has 0 aromatic rings. The molecule has 0 amide bonds. The molecule has 4 N–H and O–H groups in total. The largest absolute Gasteiger partial charge is 0.478 e. The second-order valence-electron chi connectivity index (χ2n) is 2.45. The van der Waals surface area contributed by atoms with Gasteiger partial charge in [0, 0.05) is 6.42 Å². The van der Waals surface area contributed by atoms with Gasteiger partial charge in [-0.15, -0.1) is 0 Å². The van der Waals surface area contributed by atoms with Crippen LogP contribution < -0.4 is 5.73 Å². The van der Waals surface area contributed by atoms with Gasteiger partial charge in [-0.1, -0.05) is 0 Å². The number of carbonyl (C=O) groups is 1. The topological polar surface area (TPSA) is 127 Å². The van der Waals surface area contributed by atoms with Crippen LogP contribution in [-0.2, 0) is 19.4 Å². The van der Waals surface area contributed by atoms with E-state index in [-0.39, 0.29) is 6.42 Å². The molecule has 0 saturated heterocycles. The van der Waals surface area contributed by atoms with Crippen molar-refractivity contribution in [1.29, 1.82) is 0 Å². The summed E-state index contributed by atoms with van der Waals surface area (Å²) in [6, 6.07) is 0. The summed E-state index contributed by atoms with van der Waals surface area (Å²) in [6.45, 7) is 0. The fourth-order valence-corrected chi connectivity index (χ4v) is 1.66. The maximum atomic E-state index is 10.6. The van der Waals surface area contributed by atoms with Crippen molar-refractivity contribution in [1.82, 2.24) is 0 Å². The first-order valence-corrected chi connectivity index (χ1v) is 6.16. The zero-order chi connectivity index (χ0) is 11.4. The Morgan fingerprint density at radius 2 is 2.14 bits per heavy atom. The first-order chi connectivity index (χ1) is 6.21. The molecule has 84 valence electrons. The smallest absolute Gasteiger partial charge is 0.399 e. The molecule has 0 saturated carbocycles. The van der Waals surface area contributed by atoms with Crippen molar-refractivity contribution < 1.29 is 27.1 Å². The van der Waals surface area contributed by atoms with Gasteiger partial charge in [-0.2, -0.15) is 20.2 Å². The van der Waals surface area contributed by atoms with E-state index in [1.807, 2.05) is 0 Å². The van der Waals surface area contributed by atoms with Gasteiger partial charge in [0.1, 0.15) is 0 Å². The maximum Gasteiger partial charge on any atom is 0.399 e. The number of hydrogen-bond acceptors (Lipinski definition) is 6. The first kappa shape index (κ1) is 13.7. The van der Waals surface area contributed by atoms with Gasteiger partial charge in [0.25, 0.3) is 0 Å². The van der Waals surface area contributed by atoms with Gasteiger partial charge in [0.2, 0.25) is 5.72 Å². The fraction of sp³-hybridized carbons (Fsp3) is 0.800. The molecule has 0 aliphatic rings. The molecule has 14 heavy (non-hydrogen) atoms. The molecule has 0 spiro atoms. The summed E-state index contributed by atoms with van der Waals surface area (Å²) in [5.74, 6) is -1.36. The highest BCUT2D eigenvalue weighted by atomic mass is 32.3. The number of rotatable bonds is 6. The van der Waals surface area contributed by atoms with Crippen molar-refractivity contribution in [3.05, 3.63) is 0 Å². The number of nitrogens with two attached hydrogens (primary N) is 1. The van der Waals surface area contributed by atoms with E-state index in [2.05, 4.69) is 4.18 Å². The number of carboxylic acid groups (broad SMARTS) is 1. The van der Waals surface area contributed by atoms with Crippen molar-refractivity contribution in [3.8, 4) is 0 Å². The van der Waals surface area contributed by atoms with Crippen LogP contribution >= 0.6 is 11.8 Å². The van der Waals surface area contributed by atoms with Gasteiger partial charge < -0.3 is 5.11 Å². The second kappa shape index (κ2) is 4.94. The SMILES string of the molecule is CSCCC(N)(OS(=O)(=O)O)C(=O)O. The summed E-state index contributed by atoms with van der Waals surface area (Å²) in [5.41, 5.74) is 2.73. The summed E-state index contributed by atoms with van der Waals surface area (Å²) in [4.78, 5) is 10.6. The van der Waals surface area contributed by atoms with Gasteiger partial charge in [0.05, 0.1) is 0 Å². The van der Waals surface area contributed by atoms with E-state index in [0.29, 0.717) is 5.75 Å². The Morgan fingerprint density at radius 1 is 1.64 bits per heavy atom. The molecule has 0 aliphatic carbocycles. The highest BCUT2D eigenvalue weighted by molar-refractivity contribution is 7.98. The quantitative estimate of drug-likeness (QED) is 0.414. The average molecular weight is 245 g/mol. The van der Waals surface area contributed by atoms with Gasteiger partial charge >= 0.3 is 16.4 Å². The Balaban J connectivity index is 4.65. The minimum Gasteiger partial charge on any atom is -0.478 e. The Hall–Kier alpha value is -0.350. The van der Waals surface area contributed by atoms with Gasteiger partial charge in [0.15, 0.2) is 0 Å². The summed E-state index contributed by atoms with van der Waals surface area (Å²) in [5, 5.41) is 8.59. The molecular formula is C5H11NO6S2. The third-order valence-corrected chi connectivity index (χ3v) is 2.41. The molecule has 9 heteroatoms. The third kappa shape index (κ3) is 4.77. The van der Waals surface area contributed by atoms with Crippen molar-refractivity contribution >= 4 is 28.1 Å².